The van der Waals surface area contributed by atoms with Gasteiger partial charge in [0.25, 0.3) is 5.91 Å². The van der Waals surface area contributed by atoms with Crippen molar-refractivity contribution in [2.24, 2.45) is 0 Å². The fourth-order valence-electron chi connectivity index (χ4n) is 3.94. The van der Waals surface area contributed by atoms with Gasteiger partial charge in [-0.05, 0) is 47.7 Å². The van der Waals surface area contributed by atoms with E-state index in [0.29, 0.717) is 19.6 Å². The molecule has 0 unspecified atom stereocenters. The molecular weight excluding hydrogens is 366 g/mol. The molecule has 6 nitrogen and oxygen atoms in total. The first-order valence-corrected chi connectivity index (χ1v) is 10.0. The molecule has 6 heteroatoms. The van der Waals surface area contributed by atoms with Crippen LogP contribution in [0.1, 0.15) is 41.8 Å². The van der Waals surface area contributed by atoms with Gasteiger partial charge in [-0.25, -0.2) is 4.79 Å². The molecule has 2 heterocycles. The molecule has 4 rings (SSSR count). The first-order chi connectivity index (χ1) is 14.0. The number of hydrogen-bond donors (Lipinski definition) is 1. The highest BCUT2D eigenvalue weighted by Gasteiger charge is 2.26. The third kappa shape index (κ3) is 3.46. The number of benzene rings is 2. The normalized spacial score (nSPS) is 13.2. The number of amides is 1. The second-order valence-electron chi connectivity index (χ2n) is 7.44. The summed E-state index contributed by atoms with van der Waals surface area (Å²) in [7, 11) is 0. The summed E-state index contributed by atoms with van der Waals surface area (Å²) < 4.78 is 2.85. The lowest BCUT2D eigenvalue weighted by molar-refractivity contribution is 0.0778. The van der Waals surface area contributed by atoms with Crippen molar-refractivity contribution in [2.45, 2.75) is 39.9 Å². The van der Waals surface area contributed by atoms with Gasteiger partial charge in [-0.15, -0.1) is 0 Å². The standard InChI is InChI=1S/C23H25N3O3/c1-3-11-24-14-19-12-18(9-10-20(19)22(24)28)17-7-5-16(6-8-17)13-25-15-21(27)26(4-2)23(25)29/h5-10,12,15,27H,3-4,11,13-14H2,1-2H3. The molecule has 1 N–H and O–H groups in total. The third-order valence-corrected chi connectivity index (χ3v) is 5.46. The molecular formula is C23H25N3O3. The van der Waals surface area contributed by atoms with Crippen LogP contribution in [0.4, 0.5) is 0 Å². The van der Waals surface area contributed by atoms with Crippen molar-refractivity contribution >= 4 is 5.91 Å². The minimum atomic E-state index is -0.214. The van der Waals surface area contributed by atoms with Gasteiger partial charge in [-0.2, -0.15) is 0 Å². The van der Waals surface area contributed by atoms with Crippen LogP contribution in [-0.2, 0) is 19.6 Å². The average molecular weight is 391 g/mol. The summed E-state index contributed by atoms with van der Waals surface area (Å²) in [6.07, 6.45) is 2.43. The van der Waals surface area contributed by atoms with Crippen molar-refractivity contribution in [3.8, 4) is 17.0 Å². The maximum absolute atomic E-state index is 12.4. The highest BCUT2D eigenvalue weighted by atomic mass is 16.3. The van der Waals surface area contributed by atoms with Gasteiger partial charge in [0, 0.05) is 25.2 Å². The number of aromatic nitrogens is 2. The molecule has 0 saturated carbocycles. The second-order valence-corrected chi connectivity index (χ2v) is 7.44. The second kappa shape index (κ2) is 7.62. The fourth-order valence-corrected chi connectivity index (χ4v) is 3.94. The van der Waals surface area contributed by atoms with E-state index in [4.69, 9.17) is 0 Å². The summed E-state index contributed by atoms with van der Waals surface area (Å²) in [4.78, 5) is 26.6. The van der Waals surface area contributed by atoms with E-state index in [1.54, 1.807) is 0 Å². The minimum absolute atomic E-state index is 0.0149. The van der Waals surface area contributed by atoms with Gasteiger partial charge in [0.2, 0.25) is 5.88 Å². The quantitative estimate of drug-likeness (QED) is 0.700. The zero-order valence-electron chi connectivity index (χ0n) is 16.8. The Morgan fingerprint density at radius 2 is 1.72 bits per heavy atom. The zero-order chi connectivity index (χ0) is 20.5. The van der Waals surface area contributed by atoms with E-state index in [2.05, 4.69) is 13.0 Å². The SMILES string of the molecule is CCCN1Cc2cc(-c3ccc(Cn4cc(O)n(CC)c4=O)cc3)ccc2C1=O. The lowest BCUT2D eigenvalue weighted by Gasteiger charge is -2.13. The Morgan fingerprint density at radius 3 is 2.38 bits per heavy atom. The van der Waals surface area contributed by atoms with Crippen molar-refractivity contribution in [1.82, 2.24) is 14.0 Å². The lowest BCUT2D eigenvalue weighted by Crippen LogP contribution is -2.24. The summed E-state index contributed by atoms with van der Waals surface area (Å²) in [5, 5.41) is 9.85. The van der Waals surface area contributed by atoms with Crippen LogP contribution in [0.15, 0.2) is 53.5 Å². The van der Waals surface area contributed by atoms with Crippen LogP contribution < -0.4 is 5.69 Å². The molecule has 2 aromatic carbocycles. The first kappa shape index (κ1) is 19.1. The number of fused-ring (bicyclic) bond motifs is 1. The zero-order valence-corrected chi connectivity index (χ0v) is 16.8. The summed E-state index contributed by atoms with van der Waals surface area (Å²) in [5.74, 6) is 0.107. The number of rotatable bonds is 6. The van der Waals surface area contributed by atoms with Crippen molar-refractivity contribution in [3.05, 3.63) is 75.8 Å². The number of aromatic hydroxyl groups is 1. The van der Waals surface area contributed by atoms with E-state index in [1.807, 2.05) is 48.2 Å². The predicted octanol–water partition coefficient (Wildman–Crippen LogP) is 3.46. The van der Waals surface area contributed by atoms with Crippen molar-refractivity contribution in [1.29, 1.82) is 0 Å². The molecule has 3 aromatic rings. The van der Waals surface area contributed by atoms with Crippen molar-refractivity contribution in [3.63, 3.8) is 0 Å². The van der Waals surface area contributed by atoms with E-state index < -0.39 is 0 Å². The van der Waals surface area contributed by atoms with Crippen LogP contribution >= 0.6 is 0 Å². The van der Waals surface area contributed by atoms with Gasteiger partial charge >= 0.3 is 5.69 Å². The minimum Gasteiger partial charge on any atom is -0.493 e. The van der Waals surface area contributed by atoms with E-state index >= 15 is 0 Å². The monoisotopic (exact) mass is 391 g/mol. The van der Waals surface area contributed by atoms with Crippen LogP contribution in [0, 0.1) is 0 Å². The molecule has 0 fully saturated rings. The molecule has 29 heavy (non-hydrogen) atoms. The van der Waals surface area contributed by atoms with Crippen LogP contribution in [0.2, 0.25) is 0 Å². The summed E-state index contributed by atoms with van der Waals surface area (Å²) in [6.45, 7) is 6.21. The van der Waals surface area contributed by atoms with E-state index in [9.17, 15) is 14.7 Å². The van der Waals surface area contributed by atoms with Crippen molar-refractivity contribution < 1.29 is 9.90 Å². The van der Waals surface area contributed by atoms with Crippen LogP contribution in [0.3, 0.4) is 0 Å². The van der Waals surface area contributed by atoms with Crippen LogP contribution in [-0.4, -0.2) is 31.6 Å². The molecule has 0 bridgehead atoms. The molecule has 0 aliphatic carbocycles. The number of carbonyl (C=O) groups is 1. The molecule has 1 aromatic heterocycles. The Labute approximate surface area is 169 Å². The fraction of sp³-hybridized carbons (Fsp3) is 0.304. The van der Waals surface area contributed by atoms with Gasteiger partial charge in [0.05, 0.1) is 12.7 Å². The van der Waals surface area contributed by atoms with Gasteiger partial charge in [0.15, 0.2) is 0 Å². The number of hydrogen-bond acceptors (Lipinski definition) is 3. The lowest BCUT2D eigenvalue weighted by atomic mass is 9.99. The summed E-state index contributed by atoms with van der Waals surface area (Å²) >= 11 is 0. The van der Waals surface area contributed by atoms with Gasteiger partial charge in [-0.3, -0.25) is 13.9 Å². The van der Waals surface area contributed by atoms with Crippen LogP contribution in [0.25, 0.3) is 11.1 Å². The van der Waals surface area contributed by atoms with E-state index in [0.717, 1.165) is 40.8 Å². The Bertz CT molecular complexity index is 1110. The van der Waals surface area contributed by atoms with Gasteiger partial charge in [-0.1, -0.05) is 37.3 Å². The number of imidazole rings is 1. The smallest absolute Gasteiger partial charge is 0.331 e. The Balaban J connectivity index is 1.54. The largest absolute Gasteiger partial charge is 0.493 e. The molecule has 0 saturated heterocycles. The maximum atomic E-state index is 12.4. The molecule has 0 spiro atoms. The molecule has 0 atom stereocenters. The topological polar surface area (TPSA) is 67.5 Å². The Hall–Kier alpha value is -3.28. The highest BCUT2D eigenvalue weighted by Crippen LogP contribution is 2.29. The summed E-state index contributed by atoms with van der Waals surface area (Å²) in [5.41, 5.74) is 4.79. The first-order valence-electron chi connectivity index (χ1n) is 10.0. The molecule has 0 radical (unpaired) electrons. The third-order valence-electron chi connectivity index (χ3n) is 5.46. The molecule has 1 amide bonds. The number of carbonyl (C=O) groups excluding carboxylic acids is 1. The molecule has 1 aliphatic rings. The Morgan fingerprint density at radius 1 is 1.00 bits per heavy atom. The number of nitrogens with zero attached hydrogens (tertiary/aromatic N) is 3. The summed E-state index contributed by atoms with van der Waals surface area (Å²) in [6, 6.07) is 14.0. The van der Waals surface area contributed by atoms with Gasteiger partial charge < -0.3 is 10.0 Å². The maximum Gasteiger partial charge on any atom is 0.331 e. The highest BCUT2D eigenvalue weighted by molar-refractivity contribution is 5.99. The van der Waals surface area contributed by atoms with Crippen LogP contribution in [0.5, 0.6) is 5.88 Å². The van der Waals surface area contributed by atoms with E-state index in [-0.39, 0.29) is 17.5 Å². The van der Waals surface area contributed by atoms with Crippen molar-refractivity contribution in [2.75, 3.05) is 6.54 Å². The average Bonchev–Trinajstić information content (AvgIpc) is 3.18. The predicted molar refractivity (Wildman–Crippen MR) is 112 cm³/mol. The molecule has 1 aliphatic heterocycles. The van der Waals surface area contributed by atoms with Gasteiger partial charge in [0.1, 0.15) is 0 Å². The Kier molecular flexibility index (Phi) is 5.01. The van der Waals surface area contributed by atoms with E-state index in [1.165, 1.54) is 15.3 Å². The molecule has 150 valence electrons.